The van der Waals surface area contributed by atoms with Crippen LogP contribution in [0.1, 0.15) is 26.7 Å². The van der Waals surface area contributed by atoms with Gasteiger partial charge < -0.3 is 14.4 Å². The molecule has 0 amide bonds. The molecule has 1 N–H and O–H groups in total. The number of rotatable bonds is 3. The number of hydrogen-bond donors (Lipinski definition) is 1. The molecule has 0 bridgehead atoms. The number of nitrogens with one attached hydrogen (secondary N) is 1. The van der Waals surface area contributed by atoms with Gasteiger partial charge in [0.05, 0.1) is 19.3 Å². The molecule has 0 aromatic rings. The molecule has 2 rings (SSSR count). The molecule has 2 saturated heterocycles. The summed E-state index contributed by atoms with van der Waals surface area (Å²) in [5.41, 5.74) is 1.29. The molecule has 3 nitrogen and oxygen atoms in total. The van der Waals surface area contributed by atoms with E-state index in [1.165, 1.54) is 18.4 Å². The second-order valence-corrected chi connectivity index (χ2v) is 5.58. The fourth-order valence-corrected chi connectivity index (χ4v) is 2.96. The first-order chi connectivity index (χ1) is 8.16. The van der Waals surface area contributed by atoms with Crippen molar-refractivity contribution in [2.75, 3.05) is 32.8 Å². The third kappa shape index (κ3) is 3.54. The Morgan fingerprint density at radius 3 is 2.65 bits per heavy atom. The predicted molar refractivity (Wildman–Crippen MR) is 68.3 cm³/mol. The van der Waals surface area contributed by atoms with Crippen LogP contribution < -0.4 is 4.90 Å². The first kappa shape index (κ1) is 13.1. The fraction of sp³-hybridized carbons (Fsp3) is 0.857. The van der Waals surface area contributed by atoms with Crippen molar-refractivity contribution in [3.05, 3.63) is 12.2 Å². The van der Waals surface area contributed by atoms with E-state index in [4.69, 9.17) is 9.47 Å². The lowest BCUT2D eigenvalue weighted by atomic mass is 9.86. The van der Waals surface area contributed by atoms with Gasteiger partial charge in [0, 0.05) is 5.92 Å². The molecule has 0 spiro atoms. The topological polar surface area (TPSA) is 22.9 Å². The highest BCUT2D eigenvalue weighted by Crippen LogP contribution is 2.28. The lowest BCUT2D eigenvalue weighted by Gasteiger charge is -2.37. The minimum Gasteiger partial charge on any atom is -0.370 e. The summed E-state index contributed by atoms with van der Waals surface area (Å²) >= 11 is 0. The van der Waals surface area contributed by atoms with Gasteiger partial charge in [-0.25, -0.2) is 0 Å². The summed E-state index contributed by atoms with van der Waals surface area (Å²) in [5.74, 6) is 0.557. The molecule has 3 atom stereocenters. The van der Waals surface area contributed by atoms with Crippen LogP contribution in [-0.2, 0) is 9.47 Å². The van der Waals surface area contributed by atoms with Crippen molar-refractivity contribution in [1.82, 2.24) is 0 Å². The van der Waals surface area contributed by atoms with Gasteiger partial charge in [-0.15, -0.1) is 0 Å². The summed E-state index contributed by atoms with van der Waals surface area (Å²) in [6.45, 7) is 13.6. The molecule has 0 unspecified atom stereocenters. The maximum Gasteiger partial charge on any atom is 0.113 e. The Labute approximate surface area is 105 Å². The normalized spacial score (nSPS) is 35.8. The van der Waals surface area contributed by atoms with Crippen LogP contribution >= 0.6 is 0 Å². The van der Waals surface area contributed by atoms with Gasteiger partial charge >= 0.3 is 0 Å². The van der Waals surface area contributed by atoms with Crippen LogP contribution in [0.15, 0.2) is 12.2 Å². The van der Waals surface area contributed by atoms with E-state index < -0.39 is 0 Å². The summed E-state index contributed by atoms with van der Waals surface area (Å²) in [4.78, 5) is 1.63. The van der Waals surface area contributed by atoms with E-state index >= 15 is 0 Å². The smallest absolute Gasteiger partial charge is 0.113 e. The van der Waals surface area contributed by atoms with Crippen LogP contribution in [0.5, 0.6) is 0 Å². The van der Waals surface area contributed by atoms with Crippen LogP contribution in [0.3, 0.4) is 0 Å². The van der Waals surface area contributed by atoms with Gasteiger partial charge in [-0.05, 0) is 26.7 Å². The van der Waals surface area contributed by atoms with Crippen LogP contribution in [0, 0.1) is 5.92 Å². The summed E-state index contributed by atoms with van der Waals surface area (Å²) in [7, 11) is 0. The van der Waals surface area contributed by atoms with E-state index in [1.54, 1.807) is 4.90 Å². The Bertz CT molecular complexity index is 261. The summed E-state index contributed by atoms with van der Waals surface area (Å²) in [6.07, 6.45) is 3.19. The molecule has 2 fully saturated rings. The van der Waals surface area contributed by atoms with Crippen molar-refractivity contribution in [2.24, 2.45) is 5.92 Å². The second kappa shape index (κ2) is 5.98. The zero-order chi connectivity index (χ0) is 12.3. The maximum absolute atomic E-state index is 6.14. The molecule has 2 heterocycles. The minimum absolute atomic E-state index is 0.365. The summed E-state index contributed by atoms with van der Waals surface area (Å²) in [5, 5.41) is 0. The Hall–Kier alpha value is -0.380. The maximum atomic E-state index is 6.14. The Kier molecular flexibility index (Phi) is 4.60. The number of ether oxygens (including phenoxy) is 2. The molecule has 0 aromatic carbocycles. The predicted octanol–water partition coefficient (Wildman–Crippen LogP) is 0.661. The van der Waals surface area contributed by atoms with Gasteiger partial charge in [-0.2, -0.15) is 0 Å². The van der Waals surface area contributed by atoms with Crippen molar-refractivity contribution in [3.63, 3.8) is 0 Å². The van der Waals surface area contributed by atoms with Gasteiger partial charge in [0.1, 0.15) is 25.7 Å². The first-order valence-electron chi connectivity index (χ1n) is 6.89. The van der Waals surface area contributed by atoms with Crippen molar-refractivity contribution in [3.8, 4) is 0 Å². The van der Waals surface area contributed by atoms with Gasteiger partial charge in [-0.1, -0.05) is 12.2 Å². The van der Waals surface area contributed by atoms with Crippen LogP contribution in [-0.4, -0.2) is 45.1 Å². The Balaban J connectivity index is 1.92. The standard InChI is InChI=1S/C14H25NO2/c1-11(2)13-5-4-12(3)17-14(13)10-15-6-8-16-9-7-15/h12-14H,1,4-10H2,2-3H3/p+1/t12-,13+,14-/m0/s1. The molecule has 17 heavy (non-hydrogen) atoms. The second-order valence-electron chi connectivity index (χ2n) is 5.58. The molecule has 0 aromatic heterocycles. The highest BCUT2D eigenvalue weighted by Gasteiger charge is 2.33. The average molecular weight is 240 g/mol. The van der Waals surface area contributed by atoms with E-state index in [-0.39, 0.29) is 0 Å². The quantitative estimate of drug-likeness (QED) is 0.733. The summed E-state index contributed by atoms with van der Waals surface area (Å²) < 4.78 is 11.5. The van der Waals surface area contributed by atoms with Gasteiger partial charge in [0.15, 0.2) is 0 Å². The highest BCUT2D eigenvalue weighted by molar-refractivity contribution is 5.01. The van der Waals surface area contributed by atoms with Crippen LogP contribution in [0.4, 0.5) is 0 Å². The molecule has 3 heteroatoms. The van der Waals surface area contributed by atoms with E-state index in [1.807, 2.05) is 0 Å². The zero-order valence-corrected chi connectivity index (χ0v) is 11.2. The largest absolute Gasteiger partial charge is 0.370 e. The third-order valence-electron chi connectivity index (χ3n) is 4.06. The van der Waals surface area contributed by atoms with Gasteiger partial charge in [0.2, 0.25) is 0 Å². The molecule has 0 radical (unpaired) electrons. The minimum atomic E-state index is 0.365. The molecule has 2 aliphatic rings. The van der Waals surface area contributed by atoms with Gasteiger partial charge in [0.25, 0.3) is 0 Å². The Morgan fingerprint density at radius 2 is 2.00 bits per heavy atom. The van der Waals surface area contributed by atoms with Crippen molar-refractivity contribution in [2.45, 2.75) is 38.9 Å². The molecule has 0 saturated carbocycles. The number of quaternary nitrogens is 1. The van der Waals surface area contributed by atoms with E-state index in [9.17, 15) is 0 Å². The van der Waals surface area contributed by atoms with E-state index in [2.05, 4.69) is 20.4 Å². The van der Waals surface area contributed by atoms with E-state index in [0.29, 0.717) is 18.1 Å². The molecule has 0 aliphatic carbocycles. The van der Waals surface area contributed by atoms with Crippen molar-refractivity contribution < 1.29 is 14.4 Å². The highest BCUT2D eigenvalue weighted by atomic mass is 16.5. The zero-order valence-electron chi connectivity index (χ0n) is 11.2. The Morgan fingerprint density at radius 1 is 1.29 bits per heavy atom. The van der Waals surface area contributed by atoms with Gasteiger partial charge in [-0.3, -0.25) is 0 Å². The molecule has 2 aliphatic heterocycles. The molecule has 98 valence electrons. The van der Waals surface area contributed by atoms with Crippen LogP contribution in [0.2, 0.25) is 0 Å². The lowest BCUT2D eigenvalue weighted by molar-refractivity contribution is -0.911. The molecular weight excluding hydrogens is 214 g/mol. The monoisotopic (exact) mass is 240 g/mol. The van der Waals surface area contributed by atoms with E-state index in [0.717, 1.165) is 32.8 Å². The van der Waals surface area contributed by atoms with Crippen LogP contribution in [0.25, 0.3) is 0 Å². The SMILES string of the molecule is C=C(C)[C@H]1CC[C@H](C)O[C@H]1C[NH+]1CCOCC1. The molecular formula is C14H26NO2+. The first-order valence-corrected chi connectivity index (χ1v) is 6.89. The van der Waals surface area contributed by atoms with Crippen molar-refractivity contribution >= 4 is 0 Å². The third-order valence-corrected chi connectivity index (χ3v) is 4.06. The average Bonchev–Trinajstić information content (AvgIpc) is 2.30. The van der Waals surface area contributed by atoms with Crippen molar-refractivity contribution in [1.29, 1.82) is 0 Å². The number of hydrogen-bond acceptors (Lipinski definition) is 2. The number of morpholine rings is 1. The fourth-order valence-electron chi connectivity index (χ4n) is 2.96. The lowest BCUT2D eigenvalue weighted by Crippen LogP contribution is -3.15. The summed E-state index contributed by atoms with van der Waals surface area (Å²) in [6, 6.07) is 0.